The van der Waals surface area contributed by atoms with Gasteiger partial charge in [-0.05, 0) is 19.1 Å². The van der Waals surface area contributed by atoms with Gasteiger partial charge in [-0.25, -0.2) is 0 Å². The summed E-state index contributed by atoms with van der Waals surface area (Å²) >= 11 is 5.89. The number of halogens is 1. The summed E-state index contributed by atoms with van der Waals surface area (Å²) in [5, 5.41) is 3.05. The minimum atomic E-state index is -0.496. The van der Waals surface area contributed by atoms with Gasteiger partial charge in [0.05, 0.1) is 16.3 Å². The molecule has 3 N–H and O–H groups in total. The monoisotopic (exact) mass is 267 g/mol. The highest BCUT2D eigenvalue weighted by molar-refractivity contribution is 6.34. The van der Waals surface area contributed by atoms with E-state index < -0.39 is 6.04 Å². The van der Waals surface area contributed by atoms with Crippen LogP contribution in [0.25, 0.3) is 0 Å². The zero-order chi connectivity index (χ0) is 13.3. The van der Waals surface area contributed by atoms with Gasteiger partial charge in [0.1, 0.15) is 6.04 Å². The van der Waals surface area contributed by atoms with Crippen molar-refractivity contribution in [1.29, 1.82) is 0 Å². The third kappa shape index (κ3) is 2.13. The first-order valence-corrected chi connectivity index (χ1v) is 6.03. The van der Waals surface area contributed by atoms with Crippen LogP contribution in [0.5, 0.6) is 0 Å². The zero-order valence-corrected chi connectivity index (χ0v) is 10.7. The van der Waals surface area contributed by atoms with Crippen molar-refractivity contribution in [3.63, 3.8) is 0 Å². The predicted molar refractivity (Wildman–Crippen MR) is 69.4 cm³/mol. The fraction of sp³-hybridized carbons (Fsp3) is 0.333. The molecule has 1 aliphatic heterocycles. The van der Waals surface area contributed by atoms with Crippen molar-refractivity contribution in [2.24, 2.45) is 0 Å². The first-order valence-electron chi connectivity index (χ1n) is 5.65. The molecule has 96 valence electrons. The summed E-state index contributed by atoms with van der Waals surface area (Å²) in [7, 11) is 0. The van der Waals surface area contributed by atoms with Gasteiger partial charge in [-0.3, -0.25) is 9.59 Å². The molecule has 1 fully saturated rings. The topological polar surface area (TPSA) is 75.4 Å². The van der Waals surface area contributed by atoms with E-state index in [1.54, 1.807) is 25.1 Å². The molecular weight excluding hydrogens is 254 g/mol. The van der Waals surface area contributed by atoms with Crippen molar-refractivity contribution in [3.05, 3.63) is 28.8 Å². The highest BCUT2D eigenvalue weighted by atomic mass is 35.5. The standard InChI is InChI=1S/C12H14ClN3O2/c1-7-11(17)15-5-6-16(7)12(18)8-3-2-4-9(13)10(8)14/h2-4,7H,5-6,14H2,1H3,(H,15,17). The Labute approximate surface area is 110 Å². The fourth-order valence-electron chi connectivity index (χ4n) is 1.94. The maximum absolute atomic E-state index is 12.3. The largest absolute Gasteiger partial charge is 0.397 e. The van der Waals surface area contributed by atoms with E-state index in [2.05, 4.69) is 5.32 Å². The SMILES string of the molecule is CC1C(=O)NCCN1C(=O)c1cccc(Cl)c1N. The molecular formula is C12H14ClN3O2. The number of anilines is 1. The molecule has 1 aromatic rings. The number of nitrogen functional groups attached to an aromatic ring is 1. The highest BCUT2D eigenvalue weighted by Crippen LogP contribution is 2.24. The first-order chi connectivity index (χ1) is 8.52. The van der Waals surface area contributed by atoms with Crippen molar-refractivity contribution < 1.29 is 9.59 Å². The minimum absolute atomic E-state index is 0.157. The normalized spacial score (nSPS) is 19.6. The molecule has 1 unspecified atom stereocenters. The Morgan fingerprint density at radius 2 is 2.28 bits per heavy atom. The number of para-hydroxylation sites is 1. The van der Waals surface area contributed by atoms with Gasteiger partial charge in [0.25, 0.3) is 5.91 Å². The molecule has 1 heterocycles. The van der Waals surface area contributed by atoms with Crippen LogP contribution in [0.3, 0.4) is 0 Å². The minimum Gasteiger partial charge on any atom is -0.397 e. The Kier molecular flexibility index (Phi) is 3.43. The number of nitrogens with two attached hydrogens (primary N) is 1. The summed E-state index contributed by atoms with van der Waals surface area (Å²) in [6.07, 6.45) is 0. The quantitative estimate of drug-likeness (QED) is 0.742. The zero-order valence-electron chi connectivity index (χ0n) is 9.94. The van der Waals surface area contributed by atoms with Gasteiger partial charge in [0.2, 0.25) is 5.91 Å². The van der Waals surface area contributed by atoms with Crippen LogP contribution in [-0.2, 0) is 4.79 Å². The van der Waals surface area contributed by atoms with E-state index in [1.807, 2.05) is 0 Å². The van der Waals surface area contributed by atoms with Crippen LogP contribution in [0.2, 0.25) is 5.02 Å². The highest BCUT2D eigenvalue weighted by Gasteiger charge is 2.30. The lowest BCUT2D eigenvalue weighted by molar-refractivity contribution is -0.127. The maximum atomic E-state index is 12.3. The molecule has 1 saturated heterocycles. The summed E-state index contributed by atoms with van der Waals surface area (Å²) in [6, 6.07) is 4.41. The number of hydrogen-bond donors (Lipinski definition) is 2. The van der Waals surface area contributed by atoms with E-state index in [4.69, 9.17) is 17.3 Å². The number of amides is 2. The molecule has 1 atom stereocenters. The summed E-state index contributed by atoms with van der Waals surface area (Å²) in [4.78, 5) is 25.4. The number of nitrogens with zero attached hydrogens (tertiary/aromatic N) is 1. The van der Waals surface area contributed by atoms with Crippen LogP contribution >= 0.6 is 11.6 Å². The summed E-state index contributed by atoms with van der Waals surface area (Å²) in [5.74, 6) is -0.424. The van der Waals surface area contributed by atoms with Gasteiger partial charge in [-0.15, -0.1) is 0 Å². The summed E-state index contributed by atoms with van der Waals surface area (Å²) in [6.45, 7) is 2.61. The van der Waals surface area contributed by atoms with E-state index >= 15 is 0 Å². The molecule has 1 aliphatic rings. The second-order valence-electron chi connectivity index (χ2n) is 4.17. The van der Waals surface area contributed by atoms with E-state index in [-0.39, 0.29) is 17.5 Å². The van der Waals surface area contributed by atoms with Crippen molar-refractivity contribution in [1.82, 2.24) is 10.2 Å². The molecule has 1 aromatic carbocycles. The lowest BCUT2D eigenvalue weighted by Gasteiger charge is -2.33. The summed E-state index contributed by atoms with van der Waals surface area (Å²) < 4.78 is 0. The van der Waals surface area contributed by atoms with Crippen LogP contribution < -0.4 is 11.1 Å². The Balaban J connectivity index is 2.31. The molecule has 0 spiro atoms. The molecule has 2 amide bonds. The van der Waals surface area contributed by atoms with Crippen LogP contribution in [0.15, 0.2) is 18.2 Å². The molecule has 0 bridgehead atoms. The van der Waals surface area contributed by atoms with E-state index in [1.165, 1.54) is 4.90 Å². The Bertz CT molecular complexity index is 504. The Hall–Kier alpha value is -1.75. The van der Waals surface area contributed by atoms with Gasteiger partial charge >= 0.3 is 0 Å². The van der Waals surface area contributed by atoms with E-state index in [9.17, 15) is 9.59 Å². The number of rotatable bonds is 1. The predicted octanol–water partition coefficient (Wildman–Crippen LogP) is 0.883. The number of carbonyl (C=O) groups is 2. The number of benzene rings is 1. The molecule has 0 radical (unpaired) electrons. The van der Waals surface area contributed by atoms with Gasteiger partial charge in [-0.1, -0.05) is 17.7 Å². The lowest BCUT2D eigenvalue weighted by Crippen LogP contribution is -2.55. The second-order valence-corrected chi connectivity index (χ2v) is 4.57. The van der Waals surface area contributed by atoms with Gasteiger partial charge in [-0.2, -0.15) is 0 Å². The van der Waals surface area contributed by atoms with Gasteiger partial charge in [0, 0.05) is 13.1 Å². The van der Waals surface area contributed by atoms with Crippen molar-refractivity contribution in [2.75, 3.05) is 18.8 Å². The van der Waals surface area contributed by atoms with Crippen LogP contribution in [0.4, 0.5) is 5.69 Å². The van der Waals surface area contributed by atoms with E-state index in [0.29, 0.717) is 23.7 Å². The second kappa shape index (κ2) is 4.86. The van der Waals surface area contributed by atoms with Crippen LogP contribution in [0, 0.1) is 0 Å². The molecule has 18 heavy (non-hydrogen) atoms. The van der Waals surface area contributed by atoms with Crippen molar-refractivity contribution in [2.45, 2.75) is 13.0 Å². The fourth-order valence-corrected chi connectivity index (χ4v) is 2.11. The Morgan fingerprint density at radius 1 is 1.56 bits per heavy atom. The van der Waals surface area contributed by atoms with Crippen LogP contribution in [-0.4, -0.2) is 35.8 Å². The Morgan fingerprint density at radius 3 is 3.00 bits per heavy atom. The lowest BCUT2D eigenvalue weighted by atomic mass is 10.1. The number of piperazine rings is 1. The van der Waals surface area contributed by atoms with Gasteiger partial charge < -0.3 is 16.0 Å². The number of nitrogens with one attached hydrogen (secondary N) is 1. The molecule has 5 nitrogen and oxygen atoms in total. The molecule has 6 heteroatoms. The average Bonchev–Trinajstić information content (AvgIpc) is 2.35. The number of hydrogen-bond acceptors (Lipinski definition) is 3. The molecule has 0 aliphatic carbocycles. The van der Waals surface area contributed by atoms with E-state index in [0.717, 1.165) is 0 Å². The van der Waals surface area contributed by atoms with Crippen molar-refractivity contribution in [3.8, 4) is 0 Å². The van der Waals surface area contributed by atoms with Crippen molar-refractivity contribution >= 4 is 29.1 Å². The van der Waals surface area contributed by atoms with Gasteiger partial charge in [0.15, 0.2) is 0 Å². The average molecular weight is 268 g/mol. The maximum Gasteiger partial charge on any atom is 0.256 e. The smallest absolute Gasteiger partial charge is 0.256 e. The third-order valence-electron chi connectivity index (χ3n) is 3.04. The number of carbonyl (C=O) groups excluding carboxylic acids is 2. The molecule has 2 rings (SSSR count). The molecule has 0 aromatic heterocycles. The molecule has 0 saturated carbocycles. The first kappa shape index (κ1) is 12.7. The third-order valence-corrected chi connectivity index (χ3v) is 3.37. The van der Waals surface area contributed by atoms with Crippen LogP contribution in [0.1, 0.15) is 17.3 Å². The summed E-state index contributed by atoms with van der Waals surface area (Å²) in [5.41, 5.74) is 6.38.